The van der Waals surface area contributed by atoms with E-state index in [1.165, 1.54) is 12.8 Å². The average Bonchev–Trinajstić information content (AvgIpc) is 3.31. The van der Waals surface area contributed by atoms with Gasteiger partial charge in [-0.15, -0.1) is 0 Å². The van der Waals surface area contributed by atoms with Crippen molar-refractivity contribution >= 4 is 5.69 Å². The highest BCUT2D eigenvalue weighted by Gasteiger charge is 2.31. The summed E-state index contributed by atoms with van der Waals surface area (Å²) in [6.45, 7) is 6.11. The summed E-state index contributed by atoms with van der Waals surface area (Å²) in [4.78, 5) is 9.38. The molecule has 0 aliphatic heterocycles. The van der Waals surface area contributed by atoms with Gasteiger partial charge in [-0.3, -0.25) is 4.98 Å². The van der Waals surface area contributed by atoms with Gasteiger partial charge in [-0.2, -0.15) is 4.98 Å². The zero-order chi connectivity index (χ0) is 17.4. The molecular formula is C20H22N4O. The number of anilines is 1. The van der Waals surface area contributed by atoms with Gasteiger partial charge in [-0.25, -0.2) is 0 Å². The number of benzene rings is 1. The zero-order valence-electron chi connectivity index (χ0n) is 14.8. The van der Waals surface area contributed by atoms with Gasteiger partial charge in [0.2, 0.25) is 0 Å². The average molecular weight is 334 g/mol. The first-order valence-electron chi connectivity index (χ1n) is 8.68. The second-order valence-electron chi connectivity index (χ2n) is 7.20. The molecule has 128 valence electrons. The van der Waals surface area contributed by atoms with E-state index in [2.05, 4.69) is 15.5 Å². The summed E-state index contributed by atoms with van der Waals surface area (Å²) in [5.41, 5.74) is 3.65. The molecule has 2 aromatic heterocycles. The minimum absolute atomic E-state index is 0.443. The third-order valence-corrected chi connectivity index (χ3v) is 4.47. The Morgan fingerprint density at radius 3 is 2.52 bits per heavy atom. The van der Waals surface area contributed by atoms with Crippen LogP contribution in [0.15, 0.2) is 47.0 Å². The molecule has 0 unspecified atom stereocenters. The van der Waals surface area contributed by atoms with Gasteiger partial charge in [-0.05, 0) is 57.9 Å². The zero-order valence-corrected chi connectivity index (χ0v) is 14.8. The van der Waals surface area contributed by atoms with E-state index in [9.17, 15) is 0 Å². The minimum Gasteiger partial charge on any atom is -0.373 e. The molecule has 0 bridgehead atoms. The fourth-order valence-corrected chi connectivity index (χ4v) is 2.95. The van der Waals surface area contributed by atoms with E-state index in [4.69, 9.17) is 9.51 Å². The van der Waals surface area contributed by atoms with E-state index < -0.39 is 5.54 Å². The Bertz CT molecular complexity index is 882. The van der Waals surface area contributed by atoms with Crippen molar-refractivity contribution in [2.45, 2.75) is 45.1 Å². The van der Waals surface area contributed by atoms with Crippen LogP contribution in [0.5, 0.6) is 0 Å². The van der Waals surface area contributed by atoms with E-state index in [1.807, 2.05) is 63.2 Å². The van der Waals surface area contributed by atoms with E-state index in [0.29, 0.717) is 17.6 Å². The Labute approximate surface area is 147 Å². The highest BCUT2D eigenvalue weighted by Crippen LogP contribution is 2.43. The standard InChI is InChI=1S/C20H22N4O/c1-13-9-12-16(17(21-13)14-10-11-14)18-22-19(24-25-18)20(2,3)23-15-7-5-4-6-8-15/h4-9,12,14,23H,10-11H2,1-3H3. The number of aromatic nitrogens is 3. The van der Waals surface area contributed by atoms with Crippen LogP contribution in [0.3, 0.4) is 0 Å². The number of para-hydroxylation sites is 1. The lowest BCUT2D eigenvalue weighted by molar-refractivity contribution is 0.404. The summed E-state index contributed by atoms with van der Waals surface area (Å²) in [5.74, 6) is 1.71. The molecule has 0 amide bonds. The van der Waals surface area contributed by atoms with Crippen LogP contribution in [0.4, 0.5) is 5.69 Å². The number of hydrogen-bond acceptors (Lipinski definition) is 5. The van der Waals surface area contributed by atoms with Crippen molar-refractivity contribution in [2.24, 2.45) is 0 Å². The smallest absolute Gasteiger partial charge is 0.259 e. The van der Waals surface area contributed by atoms with Crippen molar-refractivity contribution in [2.75, 3.05) is 5.32 Å². The monoisotopic (exact) mass is 334 g/mol. The largest absolute Gasteiger partial charge is 0.373 e. The van der Waals surface area contributed by atoms with Crippen molar-refractivity contribution < 1.29 is 4.52 Å². The summed E-state index contributed by atoms with van der Waals surface area (Å²) < 4.78 is 5.59. The van der Waals surface area contributed by atoms with Crippen molar-refractivity contribution in [3.05, 3.63) is 59.7 Å². The first kappa shape index (κ1) is 15.8. The van der Waals surface area contributed by atoms with Gasteiger partial charge in [0.25, 0.3) is 5.89 Å². The predicted octanol–water partition coefficient (Wildman–Crippen LogP) is 4.66. The fraction of sp³-hybridized carbons (Fsp3) is 0.350. The van der Waals surface area contributed by atoms with Crippen molar-refractivity contribution in [3.63, 3.8) is 0 Å². The lowest BCUT2D eigenvalue weighted by atomic mass is 10.0. The molecule has 5 heteroatoms. The summed E-state index contributed by atoms with van der Waals surface area (Å²) in [6.07, 6.45) is 2.37. The Kier molecular flexibility index (Phi) is 3.79. The quantitative estimate of drug-likeness (QED) is 0.735. The molecule has 0 atom stereocenters. The first-order chi connectivity index (χ1) is 12.0. The maximum atomic E-state index is 5.59. The topological polar surface area (TPSA) is 63.8 Å². The molecule has 1 saturated carbocycles. The molecular weight excluding hydrogens is 312 g/mol. The SMILES string of the molecule is Cc1ccc(-c2nc(C(C)(C)Nc3ccccc3)no2)c(C2CC2)n1. The molecule has 2 heterocycles. The molecule has 5 nitrogen and oxygen atoms in total. The molecule has 1 N–H and O–H groups in total. The van der Waals surface area contributed by atoms with Crippen LogP contribution >= 0.6 is 0 Å². The predicted molar refractivity (Wildman–Crippen MR) is 97.3 cm³/mol. The summed E-state index contributed by atoms with van der Waals surface area (Å²) in [5, 5.41) is 7.68. The van der Waals surface area contributed by atoms with Gasteiger partial charge in [0.15, 0.2) is 5.82 Å². The van der Waals surface area contributed by atoms with Crippen LogP contribution in [-0.2, 0) is 5.54 Å². The molecule has 4 rings (SSSR count). The van der Waals surface area contributed by atoms with Gasteiger partial charge in [0, 0.05) is 17.3 Å². The highest BCUT2D eigenvalue weighted by atomic mass is 16.5. The Morgan fingerprint density at radius 2 is 1.80 bits per heavy atom. The summed E-state index contributed by atoms with van der Waals surface area (Å²) in [7, 11) is 0. The number of nitrogens with zero attached hydrogens (tertiary/aromatic N) is 3. The summed E-state index contributed by atoms with van der Waals surface area (Å²) in [6, 6.07) is 14.1. The third-order valence-electron chi connectivity index (χ3n) is 4.47. The maximum absolute atomic E-state index is 5.59. The number of nitrogens with one attached hydrogen (secondary N) is 1. The molecule has 1 aromatic carbocycles. The third kappa shape index (κ3) is 3.27. The van der Waals surface area contributed by atoms with Gasteiger partial charge >= 0.3 is 0 Å². The van der Waals surface area contributed by atoms with E-state index in [-0.39, 0.29) is 0 Å². The van der Waals surface area contributed by atoms with Crippen molar-refractivity contribution in [3.8, 4) is 11.5 Å². The van der Waals surface area contributed by atoms with Crippen LogP contribution < -0.4 is 5.32 Å². The number of pyridine rings is 1. The Balaban J connectivity index is 1.64. The molecule has 1 aliphatic rings. The Hall–Kier alpha value is -2.69. The van der Waals surface area contributed by atoms with Crippen molar-refractivity contribution in [1.82, 2.24) is 15.1 Å². The second-order valence-corrected chi connectivity index (χ2v) is 7.20. The summed E-state index contributed by atoms with van der Waals surface area (Å²) >= 11 is 0. The van der Waals surface area contributed by atoms with Crippen LogP contribution in [-0.4, -0.2) is 15.1 Å². The highest BCUT2D eigenvalue weighted by molar-refractivity contribution is 5.58. The molecule has 3 aromatic rings. The lowest BCUT2D eigenvalue weighted by Gasteiger charge is -2.23. The number of rotatable bonds is 5. The molecule has 1 fully saturated rings. The van der Waals surface area contributed by atoms with Crippen LogP contribution in [0.1, 0.15) is 49.8 Å². The van der Waals surface area contributed by atoms with Gasteiger partial charge in [0.1, 0.15) is 0 Å². The lowest BCUT2D eigenvalue weighted by Crippen LogP contribution is -2.29. The van der Waals surface area contributed by atoms with Crippen LogP contribution in [0.25, 0.3) is 11.5 Å². The van der Waals surface area contributed by atoms with Crippen LogP contribution in [0.2, 0.25) is 0 Å². The van der Waals surface area contributed by atoms with E-state index in [0.717, 1.165) is 22.6 Å². The maximum Gasteiger partial charge on any atom is 0.259 e. The molecule has 1 aliphatic carbocycles. The Morgan fingerprint density at radius 1 is 1.04 bits per heavy atom. The van der Waals surface area contributed by atoms with Gasteiger partial charge in [-0.1, -0.05) is 23.4 Å². The fourth-order valence-electron chi connectivity index (χ4n) is 2.95. The van der Waals surface area contributed by atoms with Crippen LogP contribution in [0, 0.1) is 6.92 Å². The second kappa shape index (κ2) is 5.99. The molecule has 25 heavy (non-hydrogen) atoms. The molecule has 0 saturated heterocycles. The normalized spacial score (nSPS) is 14.5. The minimum atomic E-state index is -0.443. The first-order valence-corrected chi connectivity index (χ1v) is 8.68. The molecule has 0 spiro atoms. The van der Waals surface area contributed by atoms with Crippen molar-refractivity contribution in [1.29, 1.82) is 0 Å². The van der Waals surface area contributed by atoms with Gasteiger partial charge in [0.05, 0.1) is 16.8 Å². The van der Waals surface area contributed by atoms with Gasteiger partial charge < -0.3 is 9.84 Å². The molecule has 0 radical (unpaired) electrons. The number of hydrogen-bond donors (Lipinski definition) is 1. The van der Waals surface area contributed by atoms with E-state index >= 15 is 0 Å². The number of aryl methyl sites for hydroxylation is 1. The van der Waals surface area contributed by atoms with E-state index in [1.54, 1.807) is 0 Å².